The summed E-state index contributed by atoms with van der Waals surface area (Å²) in [7, 11) is 3.77. The van der Waals surface area contributed by atoms with Gasteiger partial charge in [-0.25, -0.2) is 9.97 Å². The summed E-state index contributed by atoms with van der Waals surface area (Å²) in [6.45, 7) is 4.09. The number of benzene rings is 1. The Labute approximate surface area is 202 Å². The van der Waals surface area contributed by atoms with Crippen LogP contribution in [0.25, 0.3) is 0 Å². The van der Waals surface area contributed by atoms with Gasteiger partial charge in [0.05, 0.1) is 10.4 Å². The summed E-state index contributed by atoms with van der Waals surface area (Å²) in [6, 6.07) is 3.29. The Hall–Kier alpha value is -2.39. The zero-order chi connectivity index (χ0) is 25.3. The smallest absolute Gasteiger partial charge is 0.395 e. The highest BCUT2D eigenvalue weighted by molar-refractivity contribution is 6.30. The maximum Gasteiger partial charge on any atom is 0.395 e. The molecule has 0 bridgehead atoms. The van der Waals surface area contributed by atoms with Crippen LogP contribution in [0.5, 0.6) is 5.75 Å². The minimum Gasteiger partial charge on any atom is -0.508 e. The molecule has 6 nitrogen and oxygen atoms in total. The lowest BCUT2D eigenvalue weighted by Crippen LogP contribution is -2.43. The normalized spacial score (nSPS) is 16.9. The van der Waals surface area contributed by atoms with Crippen molar-refractivity contribution in [1.82, 2.24) is 20.2 Å². The number of aromatic hydroxyl groups is 1. The molecule has 1 aromatic heterocycles. The van der Waals surface area contributed by atoms with Crippen LogP contribution in [0.1, 0.15) is 47.7 Å². The SMILES string of the molecule is Cc1cc(O)cc(C)c1CC(CNC(=O)CC(c1ncc(Cl)cn1)C1(C(F)(F)F)CC1)N(C)C. The van der Waals surface area contributed by atoms with Crippen molar-refractivity contribution in [2.75, 3.05) is 20.6 Å². The van der Waals surface area contributed by atoms with Crippen molar-refractivity contribution in [2.45, 2.75) is 57.7 Å². The number of halogens is 4. The number of hydrogen-bond acceptors (Lipinski definition) is 5. The van der Waals surface area contributed by atoms with Gasteiger partial charge in [0.15, 0.2) is 0 Å². The summed E-state index contributed by atoms with van der Waals surface area (Å²) in [5, 5.41) is 12.8. The van der Waals surface area contributed by atoms with Crippen LogP contribution in [0, 0.1) is 19.3 Å². The molecule has 1 heterocycles. The van der Waals surface area contributed by atoms with E-state index in [-0.39, 0.29) is 48.4 Å². The lowest BCUT2D eigenvalue weighted by molar-refractivity contribution is -0.195. The summed E-state index contributed by atoms with van der Waals surface area (Å²) >= 11 is 5.81. The molecule has 1 saturated carbocycles. The minimum absolute atomic E-state index is 0.0196. The molecule has 0 saturated heterocycles. The fourth-order valence-electron chi connectivity index (χ4n) is 4.45. The Bertz CT molecular complexity index is 1000. The predicted octanol–water partition coefficient (Wildman–Crippen LogP) is 4.56. The second-order valence-electron chi connectivity index (χ2n) is 9.35. The first-order valence-electron chi connectivity index (χ1n) is 11.1. The van der Waals surface area contributed by atoms with Gasteiger partial charge < -0.3 is 15.3 Å². The molecular formula is C24H30ClF3N4O2. The van der Waals surface area contributed by atoms with Crippen molar-refractivity contribution in [3.8, 4) is 5.75 Å². The van der Waals surface area contributed by atoms with Crippen LogP contribution in [0.3, 0.4) is 0 Å². The van der Waals surface area contributed by atoms with Crippen molar-refractivity contribution in [2.24, 2.45) is 5.41 Å². The van der Waals surface area contributed by atoms with E-state index in [1.807, 2.05) is 32.8 Å². The highest BCUT2D eigenvalue weighted by Crippen LogP contribution is 2.65. The average Bonchev–Trinajstić information content (AvgIpc) is 3.53. The quantitative estimate of drug-likeness (QED) is 0.530. The molecule has 2 unspecified atom stereocenters. The van der Waals surface area contributed by atoms with Crippen LogP contribution < -0.4 is 5.32 Å². The summed E-state index contributed by atoms with van der Waals surface area (Å²) in [5.74, 6) is -1.48. The Morgan fingerprint density at radius 2 is 1.76 bits per heavy atom. The fourth-order valence-corrected chi connectivity index (χ4v) is 4.55. The third-order valence-corrected chi connectivity index (χ3v) is 6.94. The molecule has 3 rings (SSSR count). The molecule has 1 aliphatic carbocycles. The van der Waals surface area contributed by atoms with Gasteiger partial charge >= 0.3 is 6.18 Å². The summed E-state index contributed by atoms with van der Waals surface area (Å²) in [6.07, 6.45) is -1.81. The number of phenolic OH excluding ortho intramolecular Hbond substituents is 1. The number of amides is 1. The molecular weight excluding hydrogens is 469 g/mol. The molecule has 1 fully saturated rings. The lowest BCUT2D eigenvalue weighted by atomic mass is 9.84. The Morgan fingerprint density at radius 1 is 1.21 bits per heavy atom. The van der Waals surface area contributed by atoms with Crippen molar-refractivity contribution in [3.05, 3.63) is 52.1 Å². The van der Waals surface area contributed by atoms with Gasteiger partial charge in [-0.3, -0.25) is 4.79 Å². The molecule has 2 atom stereocenters. The van der Waals surface area contributed by atoms with Gasteiger partial charge in [-0.15, -0.1) is 0 Å². The molecule has 0 spiro atoms. The molecule has 2 aromatic rings. The first-order chi connectivity index (χ1) is 15.8. The number of rotatable bonds is 9. The molecule has 34 heavy (non-hydrogen) atoms. The van der Waals surface area contributed by atoms with Crippen LogP contribution in [0.15, 0.2) is 24.5 Å². The zero-order valence-electron chi connectivity index (χ0n) is 19.7. The number of nitrogens with zero attached hydrogens (tertiary/aromatic N) is 3. The number of carbonyl (C=O) groups excluding carboxylic acids is 1. The third-order valence-electron chi connectivity index (χ3n) is 6.75. The number of hydrogen-bond donors (Lipinski definition) is 2. The summed E-state index contributed by atoms with van der Waals surface area (Å²) in [4.78, 5) is 22.8. The van der Waals surface area contributed by atoms with Gasteiger partial charge in [0, 0.05) is 37.3 Å². The van der Waals surface area contributed by atoms with Crippen LogP contribution in [-0.4, -0.2) is 58.7 Å². The second kappa shape index (κ2) is 10.1. The van der Waals surface area contributed by atoms with E-state index in [9.17, 15) is 23.1 Å². The van der Waals surface area contributed by atoms with Gasteiger partial charge in [0.2, 0.25) is 5.91 Å². The van der Waals surface area contributed by atoms with Gasteiger partial charge in [-0.2, -0.15) is 13.2 Å². The van der Waals surface area contributed by atoms with Crippen molar-refractivity contribution in [3.63, 3.8) is 0 Å². The lowest BCUT2D eigenvalue weighted by Gasteiger charge is -2.29. The van der Waals surface area contributed by atoms with E-state index in [0.717, 1.165) is 16.7 Å². The molecule has 1 aliphatic rings. The first-order valence-corrected chi connectivity index (χ1v) is 11.5. The topological polar surface area (TPSA) is 78.3 Å². The van der Waals surface area contributed by atoms with E-state index in [1.54, 1.807) is 12.1 Å². The largest absolute Gasteiger partial charge is 0.508 e. The van der Waals surface area contributed by atoms with Gasteiger partial charge in [0.1, 0.15) is 11.6 Å². The number of aryl methyl sites for hydroxylation is 2. The number of aromatic nitrogens is 2. The van der Waals surface area contributed by atoms with Crippen LogP contribution in [0.2, 0.25) is 5.02 Å². The first kappa shape index (κ1) is 26.2. The molecule has 10 heteroatoms. The van der Waals surface area contributed by atoms with Gasteiger partial charge in [-0.1, -0.05) is 11.6 Å². The van der Waals surface area contributed by atoms with E-state index < -0.39 is 23.4 Å². The number of nitrogens with one attached hydrogen (secondary N) is 1. The Morgan fingerprint density at radius 3 is 2.24 bits per heavy atom. The summed E-state index contributed by atoms with van der Waals surface area (Å²) < 4.78 is 41.7. The maximum atomic E-state index is 13.9. The molecule has 0 aliphatic heterocycles. The van der Waals surface area contributed by atoms with Crippen LogP contribution >= 0.6 is 11.6 Å². The van der Waals surface area contributed by atoms with Crippen LogP contribution in [0.4, 0.5) is 13.2 Å². The zero-order valence-corrected chi connectivity index (χ0v) is 20.5. The highest BCUT2D eigenvalue weighted by atomic mass is 35.5. The monoisotopic (exact) mass is 498 g/mol. The van der Waals surface area contributed by atoms with Crippen molar-refractivity contribution >= 4 is 17.5 Å². The fraction of sp³-hybridized carbons (Fsp3) is 0.542. The highest BCUT2D eigenvalue weighted by Gasteiger charge is 2.68. The Balaban J connectivity index is 1.73. The third kappa shape index (κ3) is 5.81. The molecule has 1 aromatic carbocycles. The molecule has 2 N–H and O–H groups in total. The van der Waals surface area contributed by atoms with E-state index in [4.69, 9.17) is 11.6 Å². The number of phenols is 1. The minimum atomic E-state index is -4.46. The van der Waals surface area contributed by atoms with E-state index >= 15 is 0 Å². The number of alkyl halides is 3. The van der Waals surface area contributed by atoms with Gasteiger partial charge in [-0.05, 0) is 76.0 Å². The molecule has 1 amide bonds. The molecule has 0 radical (unpaired) electrons. The van der Waals surface area contributed by atoms with E-state index in [1.165, 1.54) is 12.4 Å². The number of carbonyl (C=O) groups is 1. The standard InChI is InChI=1S/C24H30ClF3N4O2/c1-14-7-18(33)8-15(2)19(14)9-17(32(3)4)13-29-21(34)10-20(22-30-11-16(25)12-31-22)23(5-6-23)24(26,27)28/h7-8,11-12,17,20,33H,5-6,9-10,13H2,1-4H3,(H,29,34). The predicted molar refractivity (Wildman–Crippen MR) is 124 cm³/mol. The average molecular weight is 499 g/mol. The van der Waals surface area contributed by atoms with Crippen molar-refractivity contribution in [1.29, 1.82) is 0 Å². The second-order valence-corrected chi connectivity index (χ2v) is 9.79. The van der Waals surface area contributed by atoms with Crippen molar-refractivity contribution < 1.29 is 23.1 Å². The molecule has 186 valence electrons. The summed E-state index contributed by atoms with van der Waals surface area (Å²) in [5.41, 5.74) is 0.958. The van der Waals surface area contributed by atoms with E-state index in [0.29, 0.717) is 6.42 Å². The van der Waals surface area contributed by atoms with Crippen LogP contribution in [-0.2, 0) is 11.2 Å². The number of likely N-dealkylation sites (N-methyl/N-ethyl adjacent to an activating group) is 1. The van der Waals surface area contributed by atoms with Gasteiger partial charge in [0.25, 0.3) is 0 Å². The van der Waals surface area contributed by atoms with E-state index in [2.05, 4.69) is 15.3 Å². The Kier molecular flexibility index (Phi) is 7.77. The maximum absolute atomic E-state index is 13.9.